The molecule has 1 aromatic rings. The van der Waals surface area contributed by atoms with Crippen molar-refractivity contribution in [1.29, 1.82) is 0 Å². The lowest BCUT2D eigenvalue weighted by Gasteiger charge is -2.17. The summed E-state index contributed by atoms with van der Waals surface area (Å²) >= 11 is 0. The number of nitrogens with zero attached hydrogens (tertiary/aromatic N) is 1. The molecule has 0 bridgehead atoms. The van der Waals surface area contributed by atoms with Gasteiger partial charge in [0.2, 0.25) is 0 Å². The predicted octanol–water partition coefficient (Wildman–Crippen LogP) is 2.16. The SMILES string of the molecule is COc1ccc(CN(C)CC2CC2C(=O)O)cc1C. The van der Waals surface area contributed by atoms with E-state index in [-0.39, 0.29) is 5.92 Å². The van der Waals surface area contributed by atoms with Gasteiger partial charge in [0.25, 0.3) is 0 Å². The Labute approximate surface area is 114 Å². The minimum atomic E-state index is -0.654. The summed E-state index contributed by atoms with van der Waals surface area (Å²) in [6, 6.07) is 6.16. The average Bonchev–Trinajstić information content (AvgIpc) is 3.08. The highest BCUT2D eigenvalue weighted by molar-refractivity contribution is 5.73. The largest absolute Gasteiger partial charge is 0.496 e. The van der Waals surface area contributed by atoms with Crippen LogP contribution in [-0.4, -0.2) is 36.7 Å². The van der Waals surface area contributed by atoms with Crippen molar-refractivity contribution in [2.45, 2.75) is 19.9 Å². The second-order valence-corrected chi connectivity index (χ2v) is 5.44. The van der Waals surface area contributed by atoms with Crippen molar-refractivity contribution in [3.8, 4) is 5.75 Å². The first-order valence-electron chi connectivity index (χ1n) is 6.56. The maximum absolute atomic E-state index is 10.8. The Kier molecular flexibility index (Phi) is 4.10. The Morgan fingerprint density at radius 3 is 2.79 bits per heavy atom. The number of aryl methyl sites for hydroxylation is 1. The monoisotopic (exact) mass is 263 g/mol. The molecule has 0 saturated heterocycles. The van der Waals surface area contributed by atoms with Gasteiger partial charge in [0.15, 0.2) is 0 Å². The van der Waals surface area contributed by atoms with Crippen molar-refractivity contribution >= 4 is 5.97 Å². The van der Waals surface area contributed by atoms with Crippen molar-refractivity contribution in [2.24, 2.45) is 11.8 Å². The fourth-order valence-corrected chi connectivity index (χ4v) is 2.57. The number of carboxylic acids is 1. The van der Waals surface area contributed by atoms with Crippen molar-refractivity contribution < 1.29 is 14.6 Å². The Hall–Kier alpha value is -1.55. The van der Waals surface area contributed by atoms with Gasteiger partial charge in [-0.15, -0.1) is 0 Å². The van der Waals surface area contributed by atoms with E-state index in [0.717, 1.165) is 30.8 Å². The van der Waals surface area contributed by atoms with Gasteiger partial charge in [-0.3, -0.25) is 4.79 Å². The van der Waals surface area contributed by atoms with Gasteiger partial charge in [0.05, 0.1) is 13.0 Å². The molecule has 1 N–H and O–H groups in total. The Morgan fingerprint density at radius 1 is 1.53 bits per heavy atom. The van der Waals surface area contributed by atoms with Crippen LogP contribution in [0.25, 0.3) is 0 Å². The van der Waals surface area contributed by atoms with E-state index in [2.05, 4.69) is 17.0 Å². The first kappa shape index (κ1) is 13.9. The standard InChI is InChI=1S/C15H21NO3/c1-10-6-11(4-5-14(10)19-3)8-16(2)9-12-7-13(12)15(17)18/h4-6,12-13H,7-9H2,1-3H3,(H,17,18). The summed E-state index contributed by atoms with van der Waals surface area (Å²) in [7, 11) is 3.71. The summed E-state index contributed by atoms with van der Waals surface area (Å²) in [5.41, 5.74) is 2.36. The molecule has 0 aromatic heterocycles. The molecule has 1 saturated carbocycles. The van der Waals surface area contributed by atoms with Crippen molar-refractivity contribution in [2.75, 3.05) is 20.7 Å². The van der Waals surface area contributed by atoms with E-state index < -0.39 is 5.97 Å². The molecule has 2 atom stereocenters. The van der Waals surface area contributed by atoms with Gasteiger partial charge in [-0.05, 0) is 43.5 Å². The van der Waals surface area contributed by atoms with Crippen LogP contribution in [0.3, 0.4) is 0 Å². The van der Waals surface area contributed by atoms with Crippen molar-refractivity contribution in [3.05, 3.63) is 29.3 Å². The molecule has 1 aliphatic carbocycles. The predicted molar refractivity (Wildman–Crippen MR) is 73.3 cm³/mol. The van der Waals surface area contributed by atoms with Crippen LogP contribution in [0.15, 0.2) is 18.2 Å². The molecule has 1 fully saturated rings. The van der Waals surface area contributed by atoms with Crippen LogP contribution in [0.4, 0.5) is 0 Å². The number of aliphatic carboxylic acids is 1. The van der Waals surface area contributed by atoms with Crippen LogP contribution in [0, 0.1) is 18.8 Å². The molecule has 4 nitrogen and oxygen atoms in total. The lowest BCUT2D eigenvalue weighted by atomic mass is 10.1. The quantitative estimate of drug-likeness (QED) is 0.854. The molecule has 0 spiro atoms. The maximum Gasteiger partial charge on any atom is 0.306 e. The highest BCUT2D eigenvalue weighted by atomic mass is 16.5. The molecule has 1 aromatic carbocycles. The van der Waals surface area contributed by atoms with Crippen LogP contribution < -0.4 is 4.74 Å². The number of benzene rings is 1. The minimum absolute atomic E-state index is 0.125. The number of ether oxygens (including phenoxy) is 1. The van der Waals surface area contributed by atoms with E-state index in [0.29, 0.717) is 5.92 Å². The number of methoxy groups -OCH3 is 1. The fourth-order valence-electron chi connectivity index (χ4n) is 2.57. The molecular formula is C15H21NO3. The fraction of sp³-hybridized carbons (Fsp3) is 0.533. The van der Waals surface area contributed by atoms with Gasteiger partial charge in [-0.1, -0.05) is 12.1 Å². The van der Waals surface area contributed by atoms with E-state index in [1.54, 1.807) is 7.11 Å². The lowest BCUT2D eigenvalue weighted by molar-refractivity contribution is -0.138. The van der Waals surface area contributed by atoms with Crippen LogP contribution in [0.5, 0.6) is 5.75 Å². The first-order valence-corrected chi connectivity index (χ1v) is 6.56. The van der Waals surface area contributed by atoms with E-state index >= 15 is 0 Å². The van der Waals surface area contributed by atoms with Crippen LogP contribution in [0.1, 0.15) is 17.5 Å². The van der Waals surface area contributed by atoms with E-state index in [1.807, 2.05) is 20.0 Å². The van der Waals surface area contributed by atoms with Gasteiger partial charge in [0.1, 0.15) is 5.75 Å². The summed E-state index contributed by atoms with van der Waals surface area (Å²) in [5.74, 6) is 0.445. The van der Waals surface area contributed by atoms with Crippen LogP contribution in [-0.2, 0) is 11.3 Å². The number of carbonyl (C=O) groups is 1. The topological polar surface area (TPSA) is 49.8 Å². The van der Waals surface area contributed by atoms with Crippen LogP contribution in [0.2, 0.25) is 0 Å². The van der Waals surface area contributed by atoms with Crippen LogP contribution >= 0.6 is 0 Å². The van der Waals surface area contributed by atoms with Gasteiger partial charge in [-0.2, -0.15) is 0 Å². The molecule has 19 heavy (non-hydrogen) atoms. The van der Waals surface area contributed by atoms with Crippen molar-refractivity contribution in [1.82, 2.24) is 4.90 Å². The number of rotatable bonds is 6. The zero-order valence-electron chi connectivity index (χ0n) is 11.7. The normalized spacial score (nSPS) is 21.5. The van der Waals surface area contributed by atoms with E-state index in [4.69, 9.17) is 9.84 Å². The minimum Gasteiger partial charge on any atom is -0.496 e. The molecule has 0 radical (unpaired) electrons. The summed E-state index contributed by atoms with van der Waals surface area (Å²) in [6.07, 6.45) is 0.821. The van der Waals surface area contributed by atoms with E-state index in [9.17, 15) is 4.79 Å². The third-order valence-electron chi connectivity index (χ3n) is 3.70. The molecule has 0 aliphatic heterocycles. The second kappa shape index (κ2) is 5.61. The molecule has 4 heteroatoms. The smallest absolute Gasteiger partial charge is 0.306 e. The zero-order chi connectivity index (χ0) is 14.0. The molecular weight excluding hydrogens is 242 g/mol. The highest BCUT2D eigenvalue weighted by Crippen LogP contribution is 2.39. The molecule has 1 aliphatic rings. The summed E-state index contributed by atoms with van der Waals surface area (Å²) in [6.45, 7) is 3.72. The molecule has 2 rings (SSSR count). The van der Waals surface area contributed by atoms with Gasteiger partial charge >= 0.3 is 5.97 Å². The molecule has 104 valence electrons. The van der Waals surface area contributed by atoms with Gasteiger partial charge in [-0.25, -0.2) is 0 Å². The first-order chi connectivity index (χ1) is 9.01. The lowest BCUT2D eigenvalue weighted by Crippen LogP contribution is -2.21. The summed E-state index contributed by atoms with van der Waals surface area (Å²) in [5, 5.41) is 8.89. The Balaban J connectivity index is 1.87. The Bertz CT molecular complexity index is 472. The number of carboxylic acid groups (broad SMARTS) is 1. The molecule has 2 unspecified atom stereocenters. The highest BCUT2D eigenvalue weighted by Gasteiger charge is 2.43. The zero-order valence-corrected chi connectivity index (χ0v) is 11.7. The maximum atomic E-state index is 10.8. The second-order valence-electron chi connectivity index (χ2n) is 5.44. The average molecular weight is 263 g/mol. The number of hydrogen-bond donors (Lipinski definition) is 1. The third-order valence-corrected chi connectivity index (χ3v) is 3.70. The summed E-state index contributed by atoms with van der Waals surface area (Å²) in [4.78, 5) is 13.0. The number of hydrogen-bond acceptors (Lipinski definition) is 3. The third kappa shape index (κ3) is 3.47. The van der Waals surface area contributed by atoms with E-state index in [1.165, 1.54) is 5.56 Å². The van der Waals surface area contributed by atoms with Crippen molar-refractivity contribution in [3.63, 3.8) is 0 Å². The summed E-state index contributed by atoms with van der Waals surface area (Å²) < 4.78 is 5.24. The molecule has 0 amide bonds. The Morgan fingerprint density at radius 2 is 2.26 bits per heavy atom. The van der Waals surface area contributed by atoms with Gasteiger partial charge in [0, 0.05) is 13.1 Å². The molecule has 0 heterocycles. The van der Waals surface area contributed by atoms with Gasteiger partial charge < -0.3 is 14.7 Å².